The van der Waals surface area contributed by atoms with Crippen molar-refractivity contribution in [1.82, 2.24) is 0 Å². The summed E-state index contributed by atoms with van der Waals surface area (Å²) >= 11 is -3.11. The zero-order valence-corrected chi connectivity index (χ0v) is 8.44. The minimum Gasteiger partial charge on any atom is -0.784 e. The summed E-state index contributed by atoms with van der Waals surface area (Å²) in [6.07, 6.45) is 0. The summed E-state index contributed by atoms with van der Waals surface area (Å²) in [5.74, 6) is 0. The molecule has 0 N–H and O–H groups in total. The Bertz CT molecular complexity index is 33.8. The van der Waals surface area contributed by atoms with Crippen LogP contribution in [0.5, 0.6) is 0 Å². The molecule has 3 nitrogen and oxygen atoms in total. The van der Waals surface area contributed by atoms with Crippen LogP contribution in [-0.4, -0.2) is 13.3 Å². The molecule has 6 heavy (non-hydrogen) atoms. The van der Waals surface area contributed by atoms with E-state index < -0.39 is 11.4 Å². The van der Waals surface area contributed by atoms with Crippen LogP contribution in [-0.2, 0) is 31.8 Å². The molecular weight excluding hydrogens is 226 g/mol. The first-order valence-electron chi connectivity index (χ1n) is 0.500. The summed E-state index contributed by atoms with van der Waals surface area (Å²) in [4.78, 5) is 0. The molecule has 0 rings (SSSR count). The maximum absolute atomic E-state index is 8.44. The summed E-state index contributed by atoms with van der Waals surface area (Å²) in [6.45, 7) is 0. The Balaban J connectivity index is -0.0000000450. The molecule has 0 aromatic heterocycles. The largest absolute Gasteiger partial charge is 2.00 e. The van der Waals surface area contributed by atoms with E-state index in [-0.39, 0.29) is 71.8 Å². The van der Waals surface area contributed by atoms with Gasteiger partial charge in [-0.1, -0.05) is 0 Å². The van der Waals surface area contributed by atoms with Crippen molar-refractivity contribution in [3.63, 3.8) is 0 Å². The molecule has 0 saturated carbocycles. The molecule has 0 unspecified atom stereocenters. The minimum absolute atomic E-state index is 0. The predicted octanol–water partition coefficient (Wildman–Crippen LogP) is -4.00. The summed E-state index contributed by atoms with van der Waals surface area (Å²) < 4.78 is 25.3. The van der Waals surface area contributed by atoms with Gasteiger partial charge in [-0.2, -0.15) is 0 Å². The van der Waals surface area contributed by atoms with E-state index in [4.69, 9.17) is 13.3 Å². The van der Waals surface area contributed by atoms with Gasteiger partial charge in [0.1, 0.15) is 0 Å². The van der Waals surface area contributed by atoms with Gasteiger partial charge >= 0.3 is 71.8 Å². The zero-order chi connectivity index (χ0) is 3.58. The summed E-state index contributed by atoms with van der Waals surface area (Å²) in [5, 5.41) is 0. The molecule has 0 radical (unpaired) electrons. The second-order valence-electron chi connectivity index (χ2n) is 0.204. The summed E-state index contributed by atoms with van der Waals surface area (Å²) in [5.41, 5.74) is 0. The average molecular weight is 226 g/mol. The van der Waals surface area contributed by atoms with Crippen LogP contribution in [0.1, 0.15) is 0 Å². The smallest absolute Gasteiger partial charge is 0.784 e. The Morgan fingerprint density at radius 1 is 1.33 bits per heavy atom. The maximum atomic E-state index is 8.44. The fourth-order valence-corrected chi connectivity index (χ4v) is 0. The van der Waals surface area contributed by atoms with Crippen LogP contribution in [0.3, 0.4) is 0 Å². The molecular formula is KO3PdS+. The third-order valence-electron chi connectivity index (χ3n) is 0. The summed E-state index contributed by atoms with van der Waals surface area (Å²) in [6, 6.07) is 0. The molecule has 0 aliphatic heterocycles. The topological polar surface area (TPSA) is 63.2 Å². The van der Waals surface area contributed by atoms with Crippen molar-refractivity contribution in [3.8, 4) is 0 Å². The maximum Gasteiger partial charge on any atom is 2.00 e. The van der Waals surface area contributed by atoms with Gasteiger partial charge in [0.2, 0.25) is 0 Å². The van der Waals surface area contributed by atoms with Crippen molar-refractivity contribution in [1.29, 1.82) is 0 Å². The molecule has 0 fully saturated rings. The molecule has 0 atom stereocenters. The van der Waals surface area contributed by atoms with Gasteiger partial charge in [0.05, 0.1) is 0 Å². The number of hydrogen-bond acceptors (Lipinski definition) is 3. The van der Waals surface area contributed by atoms with E-state index in [0.717, 1.165) is 0 Å². The third-order valence-corrected chi connectivity index (χ3v) is 0. The molecule has 0 bridgehead atoms. The van der Waals surface area contributed by atoms with Crippen LogP contribution in [0.2, 0.25) is 0 Å². The minimum atomic E-state index is -3.11. The van der Waals surface area contributed by atoms with Crippen molar-refractivity contribution >= 4 is 11.4 Å². The summed E-state index contributed by atoms with van der Waals surface area (Å²) in [7, 11) is 0. The molecule has 0 saturated heterocycles. The van der Waals surface area contributed by atoms with E-state index in [1.165, 1.54) is 0 Å². The molecule has 34 valence electrons. The standard InChI is InChI=1S/K.H2O3S.Pd/c;1-4(2)3;/h;(H2,1,2,3);/q+1;;+2/p-2. The van der Waals surface area contributed by atoms with Gasteiger partial charge in [0.15, 0.2) is 0 Å². The third kappa shape index (κ3) is 32.7. The van der Waals surface area contributed by atoms with Crippen LogP contribution in [0.4, 0.5) is 0 Å². The van der Waals surface area contributed by atoms with Crippen LogP contribution in [0.25, 0.3) is 0 Å². The molecule has 0 spiro atoms. The van der Waals surface area contributed by atoms with Gasteiger partial charge in [-0.25, -0.2) is 0 Å². The van der Waals surface area contributed by atoms with Gasteiger partial charge < -0.3 is 9.11 Å². The van der Waals surface area contributed by atoms with E-state index in [2.05, 4.69) is 0 Å². The van der Waals surface area contributed by atoms with E-state index in [1.807, 2.05) is 0 Å². The Labute approximate surface area is 94.5 Å². The fraction of sp³-hybridized carbons (Fsp3) is 0. The average Bonchev–Trinajstić information content (AvgIpc) is 0.811. The van der Waals surface area contributed by atoms with Crippen LogP contribution in [0.15, 0.2) is 0 Å². The molecule has 0 aromatic carbocycles. The van der Waals surface area contributed by atoms with E-state index in [1.54, 1.807) is 0 Å². The van der Waals surface area contributed by atoms with Gasteiger partial charge in [-0.3, -0.25) is 4.21 Å². The quantitative estimate of drug-likeness (QED) is 0.312. The molecule has 0 heterocycles. The van der Waals surface area contributed by atoms with Crippen molar-refractivity contribution in [2.24, 2.45) is 0 Å². The first-order chi connectivity index (χ1) is 1.73. The van der Waals surface area contributed by atoms with Crippen molar-refractivity contribution in [2.75, 3.05) is 0 Å². The Morgan fingerprint density at radius 3 is 1.33 bits per heavy atom. The SMILES string of the molecule is O=S([O-])[O-].[K+].[Pd+2]. The monoisotopic (exact) mass is 225 g/mol. The second-order valence-corrected chi connectivity index (χ2v) is 0.612. The fourth-order valence-electron chi connectivity index (χ4n) is 0. The normalized spacial score (nSPS) is 5.83. The molecule has 0 amide bonds. The van der Waals surface area contributed by atoms with Gasteiger partial charge in [-0.05, 0) is 0 Å². The van der Waals surface area contributed by atoms with Crippen molar-refractivity contribution < 1.29 is 85.1 Å². The predicted molar refractivity (Wildman–Crippen MR) is 9.70 cm³/mol. The van der Waals surface area contributed by atoms with Crippen molar-refractivity contribution in [3.05, 3.63) is 0 Å². The second kappa shape index (κ2) is 10.4. The van der Waals surface area contributed by atoms with Crippen LogP contribution < -0.4 is 51.4 Å². The number of hydrogen-bond donors (Lipinski definition) is 0. The molecule has 6 heteroatoms. The Kier molecular flexibility index (Phi) is 27.2. The van der Waals surface area contributed by atoms with Crippen LogP contribution in [0, 0.1) is 0 Å². The molecule has 0 aliphatic rings. The molecule has 0 aliphatic carbocycles. The molecule has 0 aromatic rings. The zero-order valence-electron chi connectivity index (χ0n) is 2.95. The first kappa shape index (κ1) is 15.8. The first-order valence-corrected chi connectivity index (χ1v) is 1.50. The van der Waals surface area contributed by atoms with Gasteiger partial charge in [0, 0.05) is 0 Å². The van der Waals surface area contributed by atoms with Crippen molar-refractivity contribution in [2.45, 2.75) is 0 Å². The Morgan fingerprint density at radius 2 is 1.33 bits per heavy atom. The Hall–Kier alpha value is 2.37. The number of rotatable bonds is 0. The van der Waals surface area contributed by atoms with E-state index in [9.17, 15) is 0 Å². The van der Waals surface area contributed by atoms with Gasteiger partial charge in [0.25, 0.3) is 0 Å². The van der Waals surface area contributed by atoms with E-state index >= 15 is 0 Å². The van der Waals surface area contributed by atoms with E-state index in [0.29, 0.717) is 0 Å². The van der Waals surface area contributed by atoms with Gasteiger partial charge in [-0.15, -0.1) is 11.4 Å². The van der Waals surface area contributed by atoms with Crippen LogP contribution >= 0.6 is 0 Å².